The average molecular weight is 263 g/mol. The molecule has 2 amide bonds. The van der Waals surface area contributed by atoms with Gasteiger partial charge in [-0.2, -0.15) is 0 Å². The van der Waals surface area contributed by atoms with Gasteiger partial charge < -0.3 is 16.8 Å². The first-order valence-corrected chi connectivity index (χ1v) is 6.92. The summed E-state index contributed by atoms with van der Waals surface area (Å²) in [6.45, 7) is 4.22. The fraction of sp³-hybridized carbons (Fsp3) is 0.533. The number of rotatable bonds is 7. The molecule has 0 aliphatic carbocycles. The molecule has 1 rings (SSSR count). The number of nitrogens with two attached hydrogens (primary N) is 2. The minimum absolute atomic E-state index is 0.119. The molecule has 0 aliphatic heterocycles. The number of nitrogens with one attached hydrogen (secondary N) is 1. The molecule has 0 saturated heterocycles. The standard InChI is InChI=1S/C15H25N3O/c1-3-4-6-9-12(2)15(17,18-14(16)19)13-10-7-5-8-11-13/h5,7-8,10-12H,3-4,6,9,17H2,1-2H3,(H3,16,18,19). The van der Waals surface area contributed by atoms with Gasteiger partial charge in [-0.1, -0.05) is 63.4 Å². The van der Waals surface area contributed by atoms with Crippen LogP contribution in [-0.2, 0) is 5.66 Å². The summed E-state index contributed by atoms with van der Waals surface area (Å²) < 4.78 is 0. The Morgan fingerprint density at radius 2 is 1.95 bits per heavy atom. The molecule has 0 radical (unpaired) electrons. The van der Waals surface area contributed by atoms with Crippen molar-refractivity contribution < 1.29 is 4.79 Å². The normalized spacial score (nSPS) is 15.5. The second-order valence-corrected chi connectivity index (χ2v) is 5.12. The van der Waals surface area contributed by atoms with Crippen LogP contribution in [0.4, 0.5) is 4.79 Å². The van der Waals surface area contributed by atoms with Crippen LogP contribution in [0.3, 0.4) is 0 Å². The smallest absolute Gasteiger partial charge is 0.313 e. The van der Waals surface area contributed by atoms with E-state index < -0.39 is 11.7 Å². The number of unbranched alkanes of at least 4 members (excludes halogenated alkanes) is 2. The van der Waals surface area contributed by atoms with E-state index in [-0.39, 0.29) is 5.92 Å². The van der Waals surface area contributed by atoms with Crippen LogP contribution in [0.15, 0.2) is 30.3 Å². The topological polar surface area (TPSA) is 81.1 Å². The van der Waals surface area contributed by atoms with Gasteiger partial charge in [0.2, 0.25) is 0 Å². The van der Waals surface area contributed by atoms with Crippen LogP contribution in [0.2, 0.25) is 0 Å². The maximum absolute atomic E-state index is 11.3. The number of hydrogen-bond donors (Lipinski definition) is 3. The lowest BCUT2D eigenvalue weighted by molar-refractivity contribution is 0.200. The molecule has 0 fully saturated rings. The predicted molar refractivity (Wildman–Crippen MR) is 78.3 cm³/mol. The van der Waals surface area contributed by atoms with Crippen LogP contribution in [0, 0.1) is 5.92 Å². The van der Waals surface area contributed by atoms with Gasteiger partial charge in [0, 0.05) is 0 Å². The van der Waals surface area contributed by atoms with Crippen LogP contribution in [-0.4, -0.2) is 6.03 Å². The minimum Gasteiger partial charge on any atom is -0.352 e. The highest BCUT2D eigenvalue weighted by Gasteiger charge is 2.34. The van der Waals surface area contributed by atoms with Crippen molar-refractivity contribution in [3.63, 3.8) is 0 Å². The Balaban J connectivity index is 2.89. The van der Waals surface area contributed by atoms with Crippen molar-refractivity contribution in [1.29, 1.82) is 0 Å². The van der Waals surface area contributed by atoms with Gasteiger partial charge >= 0.3 is 6.03 Å². The van der Waals surface area contributed by atoms with E-state index in [2.05, 4.69) is 19.2 Å². The summed E-state index contributed by atoms with van der Waals surface area (Å²) in [6.07, 6.45) is 4.40. The maximum atomic E-state index is 11.3. The van der Waals surface area contributed by atoms with Crippen molar-refractivity contribution in [1.82, 2.24) is 5.32 Å². The zero-order chi connectivity index (χ0) is 14.3. The van der Waals surface area contributed by atoms with Gasteiger partial charge in [-0.05, 0) is 17.9 Å². The zero-order valence-corrected chi connectivity index (χ0v) is 11.9. The third-order valence-electron chi connectivity index (χ3n) is 3.60. The quantitative estimate of drug-likeness (QED) is 0.522. The third-order valence-corrected chi connectivity index (χ3v) is 3.60. The van der Waals surface area contributed by atoms with Gasteiger partial charge in [-0.3, -0.25) is 0 Å². The van der Waals surface area contributed by atoms with Crippen LogP contribution in [0.5, 0.6) is 0 Å². The Kier molecular flexibility index (Phi) is 5.83. The SMILES string of the molecule is CCCCCC(C)C(N)(NC(N)=O)c1ccccc1. The molecule has 4 nitrogen and oxygen atoms in total. The van der Waals surface area contributed by atoms with Crippen molar-refractivity contribution in [2.24, 2.45) is 17.4 Å². The predicted octanol–water partition coefficient (Wildman–Crippen LogP) is 2.68. The number of benzene rings is 1. The number of primary amides is 1. The van der Waals surface area contributed by atoms with E-state index in [9.17, 15) is 4.79 Å². The van der Waals surface area contributed by atoms with Crippen LogP contribution in [0.1, 0.15) is 45.1 Å². The third kappa shape index (κ3) is 4.24. The Labute approximate surface area is 115 Å². The van der Waals surface area contributed by atoms with E-state index in [0.29, 0.717) is 0 Å². The number of carbonyl (C=O) groups excluding carboxylic acids is 1. The lowest BCUT2D eigenvalue weighted by atomic mass is 9.84. The highest BCUT2D eigenvalue weighted by molar-refractivity contribution is 5.72. The number of hydrogen-bond acceptors (Lipinski definition) is 2. The van der Waals surface area contributed by atoms with E-state index in [4.69, 9.17) is 11.5 Å². The molecule has 0 saturated carbocycles. The fourth-order valence-corrected chi connectivity index (χ4v) is 2.33. The lowest BCUT2D eigenvalue weighted by Crippen LogP contribution is -2.58. The molecule has 4 heteroatoms. The molecule has 106 valence electrons. The molecular weight excluding hydrogens is 238 g/mol. The monoisotopic (exact) mass is 263 g/mol. The van der Waals surface area contributed by atoms with Gasteiger partial charge in [0.1, 0.15) is 5.66 Å². The highest BCUT2D eigenvalue weighted by atomic mass is 16.2. The van der Waals surface area contributed by atoms with E-state index in [0.717, 1.165) is 18.4 Å². The minimum atomic E-state index is -0.902. The number of amides is 2. The highest BCUT2D eigenvalue weighted by Crippen LogP contribution is 2.28. The van der Waals surface area contributed by atoms with E-state index >= 15 is 0 Å². The zero-order valence-electron chi connectivity index (χ0n) is 11.9. The summed E-state index contributed by atoms with van der Waals surface area (Å²) in [5, 5.41) is 2.72. The van der Waals surface area contributed by atoms with Gasteiger partial charge in [-0.25, -0.2) is 4.79 Å². The van der Waals surface area contributed by atoms with Crippen molar-refractivity contribution in [2.45, 2.75) is 45.2 Å². The van der Waals surface area contributed by atoms with E-state index in [1.165, 1.54) is 12.8 Å². The molecular formula is C15H25N3O. The summed E-state index contributed by atoms with van der Waals surface area (Å²) in [5.74, 6) is 0.119. The number of urea groups is 1. The van der Waals surface area contributed by atoms with Crippen molar-refractivity contribution in [3.05, 3.63) is 35.9 Å². The van der Waals surface area contributed by atoms with Crippen molar-refractivity contribution >= 4 is 6.03 Å². The molecule has 19 heavy (non-hydrogen) atoms. The Hall–Kier alpha value is -1.55. The first-order chi connectivity index (χ1) is 9.00. The van der Waals surface area contributed by atoms with Crippen LogP contribution in [0.25, 0.3) is 0 Å². The Morgan fingerprint density at radius 3 is 2.47 bits per heavy atom. The summed E-state index contributed by atoms with van der Waals surface area (Å²) >= 11 is 0. The van der Waals surface area contributed by atoms with Gasteiger partial charge in [-0.15, -0.1) is 0 Å². The first-order valence-electron chi connectivity index (χ1n) is 6.92. The summed E-state index contributed by atoms with van der Waals surface area (Å²) in [7, 11) is 0. The fourth-order valence-electron chi connectivity index (χ4n) is 2.33. The molecule has 0 spiro atoms. The summed E-state index contributed by atoms with van der Waals surface area (Å²) in [4.78, 5) is 11.3. The maximum Gasteiger partial charge on any atom is 0.313 e. The second-order valence-electron chi connectivity index (χ2n) is 5.12. The summed E-state index contributed by atoms with van der Waals surface area (Å²) in [5.41, 5.74) is 11.7. The molecule has 2 atom stereocenters. The molecule has 2 unspecified atom stereocenters. The number of carbonyl (C=O) groups is 1. The van der Waals surface area contributed by atoms with E-state index in [1.807, 2.05) is 30.3 Å². The molecule has 5 N–H and O–H groups in total. The van der Waals surface area contributed by atoms with Gasteiger partial charge in [0.05, 0.1) is 0 Å². The molecule has 0 heterocycles. The molecule has 1 aromatic carbocycles. The molecule has 0 aliphatic rings. The van der Waals surface area contributed by atoms with Crippen molar-refractivity contribution in [2.75, 3.05) is 0 Å². The largest absolute Gasteiger partial charge is 0.352 e. The lowest BCUT2D eigenvalue weighted by Gasteiger charge is -2.36. The Morgan fingerprint density at radius 1 is 1.32 bits per heavy atom. The first kappa shape index (κ1) is 15.5. The molecule has 0 bridgehead atoms. The van der Waals surface area contributed by atoms with Crippen LogP contribution < -0.4 is 16.8 Å². The molecule has 0 aromatic heterocycles. The van der Waals surface area contributed by atoms with Gasteiger partial charge in [0.15, 0.2) is 0 Å². The average Bonchev–Trinajstić information content (AvgIpc) is 2.39. The van der Waals surface area contributed by atoms with E-state index in [1.54, 1.807) is 0 Å². The molecule has 1 aromatic rings. The Bertz CT molecular complexity index is 394. The van der Waals surface area contributed by atoms with Gasteiger partial charge in [0.25, 0.3) is 0 Å². The van der Waals surface area contributed by atoms with Crippen LogP contribution >= 0.6 is 0 Å². The second kappa shape index (κ2) is 7.14. The van der Waals surface area contributed by atoms with Crippen molar-refractivity contribution in [3.8, 4) is 0 Å². The summed E-state index contributed by atoms with van der Waals surface area (Å²) in [6, 6.07) is 9.01.